The van der Waals surface area contributed by atoms with Crippen molar-refractivity contribution in [2.75, 3.05) is 6.61 Å². The third-order valence-electron chi connectivity index (χ3n) is 4.25. The predicted molar refractivity (Wildman–Crippen MR) is 83.3 cm³/mol. The number of rotatable bonds is 3. The van der Waals surface area contributed by atoms with Gasteiger partial charge in [0.15, 0.2) is 11.6 Å². The van der Waals surface area contributed by atoms with Crippen molar-refractivity contribution in [1.82, 2.24) is 4.90 Å². The molecule has 5 heteroatoms. The van der Waals surface area contributed by atoms with Gasteiger partial charge in [0.1, 0.15) is 0 Å². The summed E-state index contributed by atoms with van der Waals surface area (Å²) < 4.78 is 13.4. The lowest BCUT2D eigenvalue weighted by Gasteiger charge is -2.36. The number of aliphatic hydroxyl groups is 1. The normalized spacial score (nSPS) is 17.0. The molecule has 23 heavy (non-hydrogen) atoms. The van der Waals surface area contributed by atoms with E-state index in [1.54, 1.807) is 4.90 Å². The fourth-order valence-electron chi connectivity index (χ4n) is 2.98. The largest absolute Gasteiger partial charge is 0.505 e. The Morgan fingerprint density at radius 1 is 1.22 bits per heavy atom. The number of carbonyl (C=O) groups excluding carboxylic acids is 1. The van der Waals surface area contributed by atoms with Crippen molar-refractivity contribution in [3.8, 4) is 5.75 Å². The van der Waals surface area contributed by atoms with Gasteiger partial charge in [-0.1, -0.05) is 30.3 Å². The van der Waals surface area contributed by atoms with Crippen molar-refractivity contribution >= 4 is 5.91 Å². The SMILES string of the molecule is O=C(Cc1ccc(O)c(F)c1)N1Cc2ccccc2C[C@H]1CO. The zero-order valence-corrected chi connectivity index (χ0v) is 12.6. The second kappa shape index (κ2) is 6.38. The number of amides is 1. The molecule has 0 unspecified atom stereocenters. The number of phenolic OH excluding ortho intramolecular Hbond substituents is 1. The van der Waals surface area contributed by atoms with Crippen LogP contribution in [0.4, 0.5) is 4.39 Å². The molecule has 4 nitrogen and oxygen atoms in total. The maximum Gasteiger partial charge on any atom is 0.227 e. The molecule has 1 heterocycles. The van der Waals surface area contributed by atoms with Crippen molar-refractivity contribution in [2.24, 2.45) is 0 Å². The first kappa shape index (κ1) is 15.5. The van der Waals surface area contributed by atoms with E-state index in [1.165, 1.54) is 18.2 Å². The zero-order chi connectivity index (χ0) is 16.4. The number of phenols is 1. The Hall–Kier alpha value is -2.40. The van der Waals surface area contributed by atoms with Crippen molar-refractivity contribution < 1.29 is 19.4 Å². The minimum Gasteiger partial charge on any atom is -0.505 e. The number of aromatic hydroxyl groups is 1. The second-order valence-electron chi connectivity index (χ2n) is 5.79. The molecule has 1 aliphatic heterocycles. The summed E-state index contributed by atoms with van der Waals surface area (Å²) in [6.07, 6.45) is 0.651. The van der Waals surface area contributed by atoms with Gasteiger partial charge in [0.25, 0.3) is 0 Å². The lowest BCUT2D eigenvalue weighted by molar-refractivity contribution is -0.135. The van der Waals surface area contributed by atoms with E-state index < -0.39 is 11.6 Å². The molecule has 2 aromatic rings. The van der Waals surface area contributed by atoms with Crippen LogP contribution in [0.1, 0.15) is 16.7 Å². The van der Waals surface area contributed by atoms with Crippen LogP contribution in [0.15, 0.2) is 42.5 Å². The van der Waals surface area contributed by atoms with Crippen molar-refractivity contribution in [3.63, 3.8) is 0 Å². The van der Waals surface area contributed by atoms with Gasteiger partial charge in [0.05, 0.1) is 19.1 Å². The van der Waals surface area contributed by atoms with Crippen LogP contribution in [0.5, 0.6) is 5.75 Å². The standard InChI is InChI=1S/C18H18FNO3/c19-16-7-12(5-6-17(16)22)8-18(23)20-10-14-4-2-1-3-13(14)9-15(20)11-21/h1-7,15,21-22H,8-11H2/t15-/m0/s1. The molecule has 0 saturated carbocycles. The van der Waals surface area contributed by atoms with Gasteiger partial charge in [-0.15, -0.1) is 0 Å². The number of halogens is 1. The van der Waals surface area contributed by atoms with Crippen LogP contribution < -0.4 is 0 Å². The Labute approximate surface area is 133 Å². The van der Waals surface area contributed by atoms with Crippen LogP contribution in [-0.4, -0.2) is 33.7 Å². The molecule has 0 aliphatic carbocycles. The molecule has 0 bridgehead atoms. The van der Waals surface area contributed by atoms with Crippen molar-refractivity contribution in [1.29, 1.82) is 0 Å². The molecule has 0 fully saturated rings. The van der Waals surface area contributed by atoms with E-state index in [4.69, 9.17) is 0 Å². The molecule has 1 amide bonds. The topological polar surface area (TPSA) is 60.8 Å². The molecule has 1 aliphatic rings. The van der Waals surface area contributed by atoms with Gasteiger partial charge in [0.2, 0.25) is 5.91 Å². The summed E-state index contributed by atoms with van der Waals surface area (Å²) in [4.78, 5) is 14.2. The molecule has 0 radical (unpaired) electrons. The Bertz CT molecular complexity index is 732. The average Bonchev–Trinajstić information content (AvgIpc) is 2.57. The van der Waals surface area contributed by atoms with E-state index in [-0.39, 0.29) is 25.0 Å². The molecule has 0 saturated heterocycles. The minimum absolute atomic E-state index is 0.0376. The van der Waals surface area contributed by atoms with Crippen LogP contribution in [0.3, 0.4) is 0 Å². The molecular weight excluding hydrogens is 297 g/mol. The third-order valence-corrected chi connectivity index (χ3v) is 4.25. The number of fused-ring (bicyclic) bond motifs is 1. The highest BCUT2D eigenvalue weighted by Crippen LogP contribution is 2.24. The third kappa shape index (κ3) is 3.19. The fourth-order valence-corrected chi connectivity index (χ4v) is 2.98. The van der Waals surface area contributed by atoms with Gasteiger partial charge in [-0.2, -0.15) is 0 Å². The molecule has 2 N–H and O–H groups in total. The summed E-state index contributed by atoms with van der Waals surface area (Å²) >= 11 is 0. The van der Waals surface area contributed by atoms with Crippen LogP contribution in [-0.2, 0) is 24.2 Å². The summed E-state index contributed by atoms with van der Waals surface area (Å²) in [5.41, 5.74) is 2.72. The Morgan fingerprint density at radius 2 is 1.96 bits per heavy atom. The van der Waals surface area contributed by atoms with E-state index >= 15 is 0 Å². The van der Waals surface area contributed by atoms with Crippen LogP contribution in [0, 0.1) is 5.82 Å². The molecule has 1 atom stereocenters. The minimum atomic E-state index is -0.738. The first-order valence-electron chi connectivity index (χ1n) is 7.53. The van der Waals surface area contributed by atoms with E-state index in [2.05, 4.69) is 0 Å². The van der Waals surface area contributed by atoms with Gasteiger partial charge in [-0.25, -0.2) is 4.39 Å². The van der Waals surface area contributed by atoms with Crippen molar-refractivity contribution in [2.45, 2.75) is 25.4 Å². The fraction of sp³-hybridized carbons (Fsp3) is 0.278. The lowest BCUT2D eigenvalue weighted by Crippen LogP contribution is -2.46. The number of hydrogen-bond donors (Lipinski definition) is 2. The van der Waals surface area contributed by atoms with Gasteiger partial charge in [-0.05, 0) is 35.2 Å². The number of benzene rings is 2. The Kier molecular flexibility index (Phi) is 4.30. The number of nitrogens with zero attached hydrogens (tertiary/aromatic N) is 1. The number of carbonyl (C=O) groups is 1. The highest BCUT2D eigenvalue weighted by molar-refractivity contribution is 5.79. The predicted octanol–water partition coefficient (Wildman–Crippen LogP) is 2.02. The maximum absolute atomic E-state index is 13.4. The monoisotopic (exact) mass is 315 g/mol. The number of hydrogen-bond acceptors (Lipinski definition) is 3. The summed E-state index contributed by atoms with van der Waals surface area (Å²) in [6, 6.07) is 11.5. The van der Waals surface area contributed by atoms with E-state index in [0.717, 1.165) is 11.1 Å². The van der Waals surface area contributed by atoms with Crippen LogP contribution >= 0.6 is 0 Å². The highest BCUT2D eigenvalue weighted by Gasteiger charge is 2.29. The summed E-state index contributed by atoms with van der Waals surface area (Å²) in [5.74, 6) is -1.33. The van der Waals surface area contributed by atoms with E-state index in [0.29, 0.717) is 18.5 Å². The molecule has 2 aromatic carbocycles. The first-order valence-corrected chi connectivity index (χ1v) is 7.53. The summed E-state index contributed by atoms with van der Waals surface area (Å²) in [7, 11) is 0. The maximum atomic E-state index is 13.4. The van der Waals surface area contributed by atoms with E-state index in [9.17, 15) is 19.4 Å². The number of aliphatic hydroxyl groups excluding tert-OH is 1. The lowest BCUT2D eigenvalue weighted by atomic mass is 9.93. The molecule has 120 valence electrons. The smallest absolute Gasteiger partial charge is 0.227 e. The highest BCUT2D eigenvalue weighted by atomic mass is 19.1. The zero-order valence-electron chi connectivity index (χ0n) is 12.6. The molecular formula is C18H18FNO3. The quantitative estimate of drug-likeness (QED) is 0.911. The Morgan fingerprint density at radius 3 is 2.65 bits per heavy atom. The van der Waals surface area contributed by atoms with Gasteiger partial charge >= 0.3 is 0 Å². The van der Waals surface area contributed by atoms with E-state index in [1.807, 2.05) is 24.3 Å². The molecule has 0 aromatic heterocycles. The molecule has 3 rings (SSSR count). The second-order valence-corrected chi connectivity index (χ2v) is 5.79. The summed E-state index contributed by atoms with van der Waals surface area (Å²) in [6.45, 7) is 0.338. The molecule has 0 spiro atoms. The van der Waals surface area contributed by atoms with Crippen LogP contribution in [0.25, 0.3) is 0 Å². The van der Waals surface area contributed by atoms with Gasteiger partial charge in [-0.3, -0.25) is 4.79 Å². The first-order chi connectivity index (χ1) is 11.1. The van der Waals surface area contributed by atoms with Gasteiger partial charge < -0.3 is 15.1 Å². The van der Waals surface area contributed by atoms with Crippen LogP contribution in [0.2, 0.25) is 0 Å². The van der Waals surface area contributed by atoms with Crippen molar-refractivity contribution in [3.05, 3.63) is 65.0 Å². The Balaban J connectivity index is 1.79. The van der Waals surface area contributed by atoms with Gasteiger partial charge in [0, 0.05) is 6.54 Å². The average molecular weight is 315 g/mol. The summed E-state index contributed by atoms with van der Waals surface area (Å²) in [5, 5.41) is 18.8.